The Labute approximate surface area is 307 Å². The van der Waals surface area contributed by atoms with Crippen molar-refractivity contribution in [1.29, 1.82) is 0 Å². The molecule has 7 aromatic carbocycles. The third-order valence-corrected chi connectivity index (χ3v) is 10.6. The van der Waals surface area contributed by atoms with Crippen LogP contribution in [0.1, 0.15) is 27.8 Å². The van der Waals surface area contributed by atoms with E-state index in [1.165, 1.54) is 61.3 Å². The van der Waals surface area contributed by atoms with E-state index in [1.54, 1.807) is 0 Å². The quantitative estimate of drug-likeness (QED) is 0.146. The molecule has 9 rings (SSSR count). The minimum absolute atomic E-state index is 0.0442. The maximum atomic E-state index is 6.28. The summed E-state index contributed by atoms with van der Waals surface area (Å²) < 4.78 is 0. The van der Waals surface area contributed by atoms with Crippen LogP contribution in [-0.4, -0.2) is 6.71 Å². The zero-order chi connectivity index (χ0) is 35.7. The minimum atomic E-state index is 0.0442. The van der Waals surface area contributed by atoms with Gasteiger partial charge in [-0.2, -0.15) is 0 Å². The van der Waals surface area contributed by atoms with E-state index in [1.807, 2.05) is 12.1 Å². The molecule has 0 bridgehead atoms. The van der Waals surface area contributed by atoms with Crippen LogP contribution >= 0.6 is 0 Å². The van der Waals surface area contributed by atoms with Crippen molar-refractivity contribution in [3.63, 3.8) is 0 Å². The van der Waals surface area contributed by atoms with Crippen LogP contribution in [-0.2, 0) is 0 Å². The molecule has 0 radical (unpaired) electrons. The molecule has 7 aromatic rings. The largest absolute Gasteiger partial charge is 0.399 e. The molecule has 0 saturated heterocycles. The number of nitrogens with zero attached hydrogens (tertiary/aromatic N) is 3. The van der Waals surface area contributed by atoms with Gasteiger partial charge >= 0.3 is 0 Å². The summed E-state index contributed by atoms with van der Waals surface area (Å²) in [4.78, 5) is 7.33. The molecule has 2 heterocycles. The molecular weight excluding hydrogens is 631 g/mol. The van der Waals surface area contributed by atoms with E-state index in [-0.39, 0.29) is 6.71 Å². The molecule has 2 N–H and O–H groups in total. The number of anilines is 10. The first-order chi connectivity index (χ1) is 25.2. The van der Waals surface area contributed by atoms with Crippen LogP contribution in [0.25, 0.3) is 0 Å². The monoisotopic (exact) mass is 672 g/mol. The summed E-state index contributed by atoms with van der Waals surface area (Å²) in [5.41, 5.74) is 27.4. The Morgan fingerprint density at radius 3 is 1.23 bits per heavy atom. The fraction of sp³-hybridized carbons (Fsp3) is 0.106. The molecule has 0 atom stereocenters. The van der Waals surface area contributed by atoms with E-state index in [0.29, 0.717) is 0 Å². The molecule has 0 spiro atoms. The summed E-state index contributed by atoms with van der Waals surface area (Å²) in [6, 6.07) is 53.7. The summed E-state index contributed by atoms with van der Waals surface area (Å²) in [7, 11) is 0. The Kier molecular flexibility index (Phi) is 7.48. The predicted molar refractivity (Wildman–Crippen MR) is 223 cm³/mol. The van der Waals surface area contributed by atoms with Gasteiger partial charge in [0.1, 0.15) is 0 Å². The van der Waals surface area contributed by atoms with Gasteiger partial charge in [0.15, 0.2) is 0 Å². The van der Waals surface area contributed by atoms with Crippen LogP contribution in [0.5, 0.6) is 0 Å². The predicted octanol–water partition coefficient (Wildman–Crippen LogP) is 10.4. The van der Waals surface area contributed by atoms with Gasteiger partial charge in [0.25, 0.3) is 6.71 Å². The van der Waals surface area contributed by atoms with Crippen LogP contribution in [0.15, 0.2) is 146 Å². The van der Waals surface area contributed by atoms with E-state index in [2.05, 4.69) is 183 Å². The van der Waals surface area contributed by atoms with E-state index in [9.17, 15) is 0 Å². The number of hydrogen-bond acceptors (Lipinski definition) is 4. The maximum absolute atomic E-state index is 6.28. The molecule has 0 amide bonds. The molecule has 2 aliphatic rings. The lowest BCUT2D eigenvalue weighted by atomic mass is 9.33. The Hall–Kier alpha value is -6.20. The fourth-order valence-electron chi connectivity index (χ4n) is 8.07. The number of fused-ring (bicyclic) bond motifs is 4. The number of nitrogen functional groups attached to an aromatic ring is 1. The van der Waals surface area contributed by atoms with Crippen molar-refractivity contribution >= 4 is 80.0 Å². The second-order valence-electron chi connectivity index (χ2n) is 14.6. The SMILES string of the molecule is Cc1ccc(N(c2ccc(C)cc2)c2cc3c4c(c2)N(c2ccc(N)cc2)c2ccc(C)cc2B4c2cc(C)ccc2N3c2ccc(C)cc2)cc1. The van der Waals surface area contributed by atoms with Gasteiger partial charge in [-0.05, 0) is 136 Å². The number of aryl methyl sites for hydroxylation is 5. The first-order valence-electron chi connectivity index (χ1n) is 18.1. The summed E-state index contributed by atoms with van der Waals surface area (Å²) in [6.07, 6.45) is 0. The van der Waals surface area contributed by atoms with Gasteiger partial charge in [-0.25, -0.2) is 0 Å². The maximum Gasteiger partial charge on any atom is 0.252 e. The summed E-state index contributed by atoms with van der Waals surface area (Å²) in [5.74, 6) is 0. The highest BCUT2D eigenvalue weighted by atomic mass is 15.2. The average Bonchev–Trinajstić information content (AvgIpc) is 3.14. The second-order valence-corrected chi connectivity index (χ2v) is 14.6. The van der Waals surface area contributed by atoms with Crippen LogP contribution in [0, 0.1) is 34.6 Å². The van der Waals surface area contributed by atoms with Gasteiger partial charge in [-0.1, -0.05) is 88.5 Å². The zero-order valence-electron chi connectivity index (χ0n) is 30.4. The molecule has 4 nitrogen and oxygen atoms in total. The Morgan fingerprint density at radius 2 is 0.788 bits per heavy atom. The van der Waals surface area contributed by atoms with Crippen LogP contribution < -0.4 is 36.8 Å². The number of rotatable bonds is 5. The van der Waals surface area contributed by atoms with Gasteiger partial charge < -0.3 is 20.4 Å². The van der Waals surface area contributed by atoms with Crippen molar-refractivity contribution in [3.05, 3.63) is 173 Å². The number of hydrogen-bond donors (Lipinski definition) is 1. The van der Waals surface area contributed by atoms with E-state index < -0.39 is 0 Å². The highest BCUT2D eigenvalue weighted by Gasteiger charge is 2.44. The molecule has 0 unspecified atom stereocenters. The molecule has 0 aliphatic carbocycles. The smallest absolute Gasteiger partial charge is 0.252 e. The summed E-state index contributed by atoms with van der Waals surface area (Å²) in [5, 5.41) is 0. The van der Waals surface area contributed by atoms with Crippen molar-refractivity contribution in [2.45, 2.75) is 34.6 Å². The summed E-state index contributed by atoms with van der Waals surface area (Å²) >= 11 is 0. The fourth-order valence-corrected chi connectivity index (χ4v) is 8.07. The average molecular weight is 673 g/mol. The van der Waals surface area contributed by atoms with Crippen LogP contribution in [0.3, 0.4) is 0 Å². The van der Waals surface area contributed by atoms with Gasteiger partial charge in [-0.3, -0.25) is 0 Å². The van der Waals surface area contributed by atoms with Crippen LogP contribution in [0.4, 0.5) is 56.9 Å². The first kappa shape index (κ1) is 31.8. The van der Waals surface area contributed by atoms with Crippen molar-refractivity contribution in [2.24, 2.45) is 0 Å². The summed E-state index contributed by atoms with van der Waals surface area (Å²) in [6.45, 7) is 10.9. The van der Waals surface area contributed by atoms with Crippen molar-refractivity contribution in [3.8, 4) is 0 Å². The minimum Gasteiger partial charge on any atom is -0.399 e. The third-order valence-electron chi connectivity index (χ3n) is 10.6. The molecule has 5 heteroatoms. The second kappa shape index (κ2) is 12.2. The molecule has 2 aliphatic heterocycles. The lowest BCUT2D eigenvalue weighted by molar-refractivity contribution is 1.22. The standard InChI is InChI=1S/C47H41BN4/c1-30-6-16-36(17-7-30)50(37-18-8-31(2)9-19-37)40-28-45-47-46(29-40)52(39-22-14-35(49)15-23-39)44-25-13-34(5)27-42(44)48(47)41-26-33(4)12-24-43(41)51(45)38-20-10-32(3)11-21-38/h6-29H,49H2,1-5H3. The Bertz CT molecular complexity index is 2300. The molecule has 0 saturated carbocycles. The lowest BCUT2D eigenvalue weighted by Gasteiger charge is -2.45. The Balaban J connectivity index is 1.41. The highest BCUT2D eigenvalue weighted by Crippen LogP contribution is 2.48. The Morgan fingerprint density at radius 1 is 0.404 bits per heavy atom. The third kappa shape index (κ3) is 5.24. The van der Waals surface area contributed by atoms with Gasteiger partial charge in [0.2, 0.25) is 0 Å². The van der Waals surface area contributed by atoms with Gasteiger partial charge in [0, 0.05) is 51.2 Å². The number of nitrogens with two attached hydrogens (primary N) is 1. The van der Waals surface area contributed by atoms with E-state index in [4.69, 9.17) is 5.73 Å². The van der Waals surface area contributed by atoms with Crippen molar-refractivity contribution in [1.82, 2.24) is 0 Å². The van der Waals surface area contributed by atoms with Crippen molar-refractivity contribution in [2.75, 3.05) is 20.4 Å². The van der Waals surface area contributed by atoms with Gasteiger partial charge in [0.05, 0.1) is 5.69 Å². The topological polar surface area (TPSA) is 35.7 Å². The first-order valence-corrected chi connectivity index (χ1v) is 18.1. The molecule has 0 fully saturated rings. The molecule has 252 valence electrons. The van der Waals surface area contributed by atoms with E-state index in [0.717, 1.165) is 39.8 Å². The molecule has 0 aromatic heterocycles. The van der Waals surface area contributed by atoms with Crippen LogP contribution in [0.2, 0.25) is 0 Å². The molecular formula is C47H41BN4. The normalized spacial score (nSPS) is 12.7. The van der Waals surface area contributed by atoms with Crippen molar-refractivity contribution < 1.29 is 0 Å². The highest BCUT2D eigenvalue weighted by molar-refractivity contribution is 7.00. The van der Waals surface area contributed by atoms with E-state index >= 15 is 0 Å². The molecule has 52 heavy (non-hydrogen) atoms. The zero-order valence-corrected chi connectivity index (χ0v) is 30.4. The lowest BCUT2D eigenvalue weighted by Crippen LogP contribution is -2.61. The number of benzene rings is 7. The van der Waals surface area contributed by atoms with Gasteiger partial charge in [-0.15, -0.1) is 0 Å².